The molecule has 1 N–H and O–H groups in total. The van der Waals surface area contributed by atoms with Crippen molar-refractivity contribution < 1.29 is 29.1 Å². The summed E-state index contributed by atoms with van der Waals surface area (Å²) in [6.07, 6.45) is -0.758. The van der Waals surface area contributed by atoms with Crippen LogP contribution in [0.4, 0.5) is 16.2 Å². The molecule has 0 radical (unpaired) electrons. The first-order valence-electron chi connectivity index (χ1n) is 9.58. The zero-order chi connectivity index (χ0) is 22.9. The van der Waals surface area contributed by atoms with E-state index in [-0.39, 0.29) is 24.7 Å². The van der Waals surface area contributed by atoms with Crippen molar-refractivity contribution in [2.45, 2.75) is 13.2 Å². The van der Waals surface area contributed by atoms with Gasteiger partial charge in [0, 0.05) is 17.8 Å². The molecule has 164 valence electrons. The number of amides is 1. The number of esters is 1. The van der Waals surface area contributed by atoms with Gasteiger partial charge in [-0.15, -0.1) is 0 Å². The molecule has 0 heterocycles. The fourth-order valence-corrected chi connectivity index (χ4v) is 2.74. The monoisotopic (exact) mass is 436 g/mol. The molecule has 0 aliphatic rings. The van der Waals surface area contributed by atoms with E-state index in [1.165, 1.54) is 48.5 Å². The molecule has 0 aliphatic carbocycles. The minimum atomic E-state index is -0.758. The molecular weight excluding hydrogens is 416 g/mol. The van der Waals surface area contributed by atoms with E-state index in [1.807, 2.05) is 18.2 Å². The Bertz CT molecular complexity index is 1070. The van der Waals surface area contributed by atoms with Crippen molar-refractivity contribution in [3.63, 3.8) is 0 Å². The summed E-state index contributed by atoms with van der Waals surface area (Å²) in [6, 6.07) is 20.4. The summed E-state index contributed by atoms with van der Waals surface area (Å²) in [4.78, 5) is 36.4. The molecule has 32 heavy (non-hydrogen) atoms. The van der Waals surface area contributed by atoms with Crippen LogP contribution < -0.4 is 4.90 Å². The van der Waals surface area contributed by atoms with Crippen LogP contribution in [-0.2, 0) is 27.5 Å². The van der Waals surface area contributed by atoms with E-state index in [0.717, 1.165) is 10.5 Å². The minimum Gasteiger partial charge on any atom is -0.508 e. The predicted molar refractivity (Wildman–Crippen MR) is 115 cm³/mol. The highest BCUT2D eigenvalue weighted by molar-refractivity contribution is 5.93. The molecule has 0 spiro atoms. The lowest BCUT2D eigenvalue weighted by Crippen LogP contribution is -2.37. The van der Waals surface area contributed by atoms with Gasteiger partial charge in [0.15, 0.2) is 0 Å². The van der Waals surface area contributed by atoms with E-state index < -0.39 is 23.5 Å². The van der Waals surface area contributed by atoms with Crippen LogP contribution in [-0.4, -0.2) is 28.6 Å². The van der Waals surface area contributed by atoms with Gasteiger partial charge >= 0.3 is 12.1 Å². The summed E-state index contributed by atoms with van der Waals surface area (Å²) < 4.78 is 10.5. The quantitative estimate of drug-likeness (QED) is 0.319. The molecule has 0 aromatic heterocycles. The Morgan fingerprint density at radius 3 is 2.06 bits per heavy atom. The van der Waals surface area contributed by atoms with Crippen LogP contribution in [0.15, 0.2) is 78.9 Å². The van der Waals surface area contributed by atoms with Crippen molar-refractivity contribution in [1.82, 2.24) is 0 Å². The van der Waals surface area contributed by atoms with E-state index in [2.05, 4.69) is 0 Å². The van der Waals surface area contributed by atoms with E-state index in [9.17, 15) is 24.8 Å². The number of non-ortho nitro benzene ring substituents is 1. The van der Waals surface area contributed by atoms with Gasteiger partial charge in [-0.2, -0.15) is 0 Å². The molecule has 0 unspecified atom stereocenters. The van der Waals surface area contributed by atoms with Crippen molar-refractivity contribution in [1.29, 1.82) is 0 Å². The lowest BCUT2D eigenvalue weighted by atomic mass is 10.2. The van der Waals surface area contributed by atoms with Crippen molar-refractivity contribution in [3.8, 4) is 5.75 Å². The third kappa shape index (κ3) is 6.30. The Kier molecular flexibility index (Phi) is 7.37. The Morgan fingerprint density at radius 2 is 1.44 bits per heavy atom. The third-order valence-electron chi connectivity index (χ3n) is 4.42. The Balaban J connectivity index is 1.64. The standard InChI is InChI=1S/C23H20N2O7/c26-21-12-10-19(11-13-21)24(23(28)32-16-17-4-2-1-3-5-17)14-22(27)31-15-18-6-8-20(9-7-18)25(29)30/h1-13,26H,14-16H2. The van der Waals surface area contributed by atoms with E-state index in [1.54, 1.807) is 12.1 Å². The van der Waals surface area contributed by atoms with Gasteiger partial charge < -0.3 is 14.6 Å². The molecule has 9 heteroatoms. The average Bonchev–Trinajstić information content (AvgIpc) is 2.81. The lowest BCUT2D eigenvalue weighted by molar-refractivity contribution is -0.384. The third-order valence-corrected chi connectivity index (χ3v) is 4.42. The molecule has 0 atom stereocenters. The number of anilines is 1. The normalized spacial score (nSPS) is 10.2. The van der Waals surface area contributed by atoms with Gasteiger partial charge in [0.1, 0.15) is 25.5 Å². The van der Waals surface area contributed by atoms with Crippen LogP contribution in [0.2, 0.25) is 0 Å². The molecule has 9 nitrogen and oxygen atoms in total. The van der Waals surface area contributed by atoms with Gasteiger partial charge in [-0.3, -0.25) is 19.8 Å². The molecule has 0 bridgehead atoms. The maximum atomic E-state index is 12.7. The molecule has 3 aromatic carbocycles. The molecule has 3 rings (SSSR count). The van der Waals surface area contributed by atoms with Crippen LogP contribution in [0, 0.1) is 10.1 Å². The van der Waals surface area contributed by atoms with E-state index in [4.69, 9.17) is 9.47 Å². The van der Waals surface area contributed by atoms with Crippen molar-refractivity contribution in [2.24, 2.45) is 0 Å². The highest BCUT2D eigenvalue weighted by atomic mass is 16.6. The lowest BCUT2D eigenvalue weighted by Gasteiger charge is -2.21. The van der Waals surface area contributed by atoms with Crippen LogP contribution >= 0.6 is 0 Å². The fraction of sp³-hybridized carbons (Fsp3) is 0.130. The SMILES string of the molecule is O=C(CN(C(=O)OCc1ccccc1)c1ccc(O)cc1)OCc1ccc([N+](=O)[O-])cc1. The highest BCUT2D eigenvalue weighted by Crippen LogP contribution is 2.20. The topological polar surface area (TPSA) is 119 Å². The molecular formula is C23H20N2O7. The van der Waals surface area contributed by atoms with Gasteiger partial charge in [0.25, 0.3) is 5.69 Å². The first kappa shape index (κ1) is 22.3. The number of phenolic OH excluding ortho intramolecular Hbond substituents is 1. The second-order valence-electron chi connectivity index (χ2n) is 6.73. The molecule has 0 saturated carbocycles. The number of ether oxygens (including phenoxy) is 2. The summed E-state index contributed by atoms with van der Waals surface area (Å²) in [5.74, 6) is -0.694. The number of hydrogen-bond donors (Lipinski definition) is 1. The Morgan fingerprint density at radius 1 is 0.844 bits per heavy atom. The number of carbonyl (C=O) groups excluding carboxylic acids is 2. The second kappa shape index (κ2) is 10.6. The minimum absolute atomic E-state index is 0.00657. The van der Waals surface area contributed by atoms with Gasteiger partial charge in [-0.05, 0) is 47.5 Å². The number of benzene rings is 3. The van der Waals surface area contributed by atoms with Gasteiger partial charge in [0.2, 0.25) is 0 Å². The van der Waals surface area contributed by atoms with E-state index >= 15 is 0 Å². The molecule has 3 aromatic rings. The van der Waals surface area contributed by atoms with Crippen LogP contribution in [0.5, 0.6) is 5.75 Å². The van der Waals surface area contributed by atoms with Crippen molar-refractivity contribution >= 4 is 23.4 Å². The molecule has 1 amide bonds. The second-order valence-corrected chi connectivity index (χ2v) is 6.73. The Hall–Kier alpha value is -4.40. The maximum Gasteiger partial charge on any atom is 0.415 e. The number of nitro benzene ring substituents is 1. The van der Waals surface area contributed by atoms with Crippen LogP contribution in [0.25, 0.3) is 0 Å². The van der Waals surface area contributed by atoms with Gasteiger partial charge in [0.05, 0.1) is 4.92 Å². The first-order chi connectivity index (χ1) is 15.4. The number of phenols is 1. The summed E-state index contributed by atoms with van der Waals surface area (Å²) in [5, 5.41) is 20.2. The zero-order valence-electron chi connectivity index (χ0n) is 16.9. The molecule has 0 fully saturated rings. The predicted octanol–water partition coefficient (Wildman–Crippen LogP) is 4.19. The summed E-state index contributed by atoms with van der Waals surface area (Å²) in [6.45, 7) is -0.517. The number of aromatic hydroxyl groups is 1. The van der Waals surface area contributed by atoms with Crippen molar-refractivity contribution in [2.75, 3.05) is 11.4 Å². The maximum absolute atomic E-state index is 12.7. The number of hydrogen-bond acceptors (Lipinski definition) is 7. The first-order valence-corrected chi connectivity index (χ1v) is 9.58. The number of nitrogens with zero attached hydrogens (tertiary/aromatic N) is 2. The zero-order valence-corrected chi connectivity index (χ0v) is 16.9. The smallest absolute Gasteiger partial charge is 0.415 e. The Labute approximate surface area is 183 Å². The number of nitro groups is 1. The summed E-state index contributed by atoms with van der Waals surface area (Å²) in [5.41, 5.74) is 1.62. The van der Waals surface area contributed by atoms with E-state index in [0.29, 0.717) is 11.3 Å². The van der Waals surface area contributed by atoms with Crippen molar-refractivity contribution in [3.05, 3.63) is 100 Å². The largest absolute Gasteiger partial charge is 0.508 e. The van der Waals surface area contributed by atoms with Gasteiger partial charge in [-0.1, -0.05) is 30.3 Å². The highest BCUT2D eigenvalue weighted by Gasteiger charge is 2.22. The van der Waals surface area contributed by atoms with Gasteiger partial charge in [-0.25, -0.2) is 4.79 Å². The summed E-state index contributed by atoms with van der Waals surface area (Å²) in [7, 11) is 0. The average molecular weight is 436 g/mol. The number of rotatable bonds is 8. The fourth-order valence-electron chi connectivity index (χ4n) is 2.74. The van der Waals surface area contributed by atoms with Crippen LogP contribution in [0.1, 0.15) is 11.1 Å². The van der Waals surface area contributed by atoms with Crippen LogP contribution in [0.3, 0.4) is 0 Å². The molecule has 0 saturated heterocycles. The number of carbonyl (C=O) groups is 2. The molecule has 0 aliphatic heterocycles. The summed E-state index contributed by atoms with van der Waals surface area (Å²) >= 11 is 0.